The van der Waals surface area contributed by atoms with Gasteiger partial charge < -0.3 is 5.73 Å². The zero-order valence-electron chi connectivity index (χ0n) is 10.4. The fourth-order valence-corrected chi connectivity index (χ4v) is 3.10. The smallest absolute Gasteiger partial charge is 0.247 e. The van der Waals surface area contributed by atoms with Gasteiger partial charge in [-0.05, 0) is 18.6 Å². The van der Waals surface area contributed by atoms with Gasteiger partial charge in [0.25, 0.3) is 0 Å². The molecule has 0 amide bonds. The summed E-state index contributed by atoms with van der Waals surface area (Å²) in [4.78, 5) is -0.797. The number of hydrogen-bond acceptors (Lipinski definition) is 3. The molecular weight excluding hydrogens is 274 g/mol. The molecule has 2 N–H and O–H groups in total. The van der Waals surface area contributed by atoms with E-state index in [4.69, 9.17) is 12.2 Å². The van der Waals surface area contributed by atoms with E-state index >= 15 is 0 Å². The van der Waals surface area contributed by atoms with E-state index in [0.29, 0.717) is 6.42 Å². The number of nitrogen functional groups attached to an aromatic ring is 1. The highest BCUT2D eigenvalue weighted by molar-refractivity contribution is 7.89. The Morgan fingerprint density at radius 2 is 2.05 bits per heavy atom. The van der Waals surface area contributed by atoms with Crippen molar-refractivity contribution in [3.63, 3.8) is 0 Å². The number of nitrogens with zero attached hydrogens (tertiary/aromatic N) is 1. The first-order chi connectivity index (χ1) is 8.84. The number of nitrogens with two attached hydrogens (primary N) is 1. The van der Waals surface area contributed by atoms with E-state index in [2.05, 4.69) is 5.92 Å². The zero-order chi connectivity index (χ0) is 14.6. The minimum absolute atomic E-state index is 0.113. The Hall–Kier alpha value is -1.65. The molecule has 0 aliphatic carbocycles. The number of benzene rings is 1. The Bertz CT molecular complexity index is 609. The largest absolute Gasteiger partial charge is 0.399 e. The van der Waals surface area contributed by atoms with Crippen LogP contribution in [-0.4, -0.2) is 25.8 Å². The summed E-state index contributed by atoms with van der Waals surface area (Å²) in [5, 5.41) is 0. The van der Waals surface area contributed by atoms with Crippen molar-refractivity contribution in [3.05, 3.63) is 23.8 Å². The molecule has 104 valence electrons. The Balaban J connectivity index is 3.37. The zero-order valence-corrected chi connectivity index (χ0v) is 11.2. The third-order valence-corrected chi connectivity index (χ3v) is 4.22. The van der Waals surface area contributed by atoms with Crippen molar-refractivity contribution < 1.29 is 17.2 Å². The minimum Gasteiger partial charge on any atom is -0.399 e. The molecule has 1 aromatic carbocycles. The van der Waals surface area contributed by atoms with Crippen LogP contribution in [0.1, 0.15) is 13.3 Å². The van der Waals surface area contributed by atoms with Crippen LogP contribution in [0.3, 0.4) is 0 Å². The van der Waals surface area contributed by atoms with Crippen molar-refractivity contribution in [2.45, 2.75) is 18.2 Å². The molecule has 0 aliphatic rings. The van der Waals surface area contributed by atoms with Gasteiger partial charge in [0.05, 0.1) is 6.54 Å². The van der Waals surface area contributed by atoms with E-state index < -0.39 is 26.6 Å². The first kappa shape index (κ1) is 15.4. The maximum absolute atomic E-state index is 13.6. The molecule has 0 bridgehead atoms. The van der Waals surface area contributed by atoms with Gasteiger partial charge in [-0.2, -0.15) is 4.31 Å². The molecule has 0 atom stereocenters. The van der Waals surface area contributed by atoms with Gasteiger partial charge in [-0.3, -0.25) is 0 Å². The van der Waals surface area contributed by atoms with Crippen LogP contribution in [0.4, 0.5) is 14.5 Å². The second kappa shape index (κ2) is 5.99. The lowest BCUT2D eigenvalue weighted by Crippen LogP contribution is -2.33. The van der Waals surface area contributed by atoms with Gasteiger partial charge in [0, 0.05) is 12.2 Å². The highest BCUT2D eigenvalue weighted by atomic mass is 32.2. The predicted molar refractivity (Wildman–Crippen MR) is 68.7 cm³/mol. The molecule has 1 rings (SSSR count). The number of terminal acetylenes is 1. The van der Waals surface area contributed by atoms with Crippen molar-refractivity contribution in [1.82, 2.24) is 4.31 Å². The molecule has 0 heterocycles. The van der Waals surface area contributed by atoms with E-state index in [9.17, 15) is 17.2 Å². The van der Waals surface area contributed by atoms with Crippen LogP contribution < -0.4 is 5.73 Å². The molecule has 0 aliphatic heterocycles. The average molecular weight is 288 g/mol. The Kier molecular flexibility index (Phi) is 4.86. The van der Waals surface area contributed by atoms with Crippen LogP contribution in [0.25, 0.3) is 0 Å². The van der Waals surface area contributed by atoms with E-state index in [-0.39, 0.29) is 18.8 Å². The molecule has 0 saturated carbocycles. The van der Waals surface area contributed by atoms with E-state index in [1.165, 1.54) is 0 Å². The molecule has 0 saturated heterocycles. The van der Waals surface area contributed by atoms with Gasteiger partial charge in [0.1, 0.15) is 4.90 Å². The van der Waals surface area contributed by atoms with Crippen molar-refractivity contribution in [2.75, 3.05) is 18.8 Å². The molecule has 1 aromatic rings. The molecule has 19 heavy (non-hydrogen) atoms. The van der Waals surface area contributed by atoms with Crippen LogP contribution in [0, 0.1) is 24.0 Å². The Labute approximate surface area is 111 Å². The molecule has 0 aromatic heterocycles. The highest BCUT2D eigenvalue weighted by Crippen LogP contribution is 2.24. The minimum atomic E-state index is -4.21. The van der Waals surface area contributed by atoms with E-state index in [1.807, 2.05) is 0 Å². The van der Waals surface area contributed by atoms with Crippen LogP contribution >= 0.6 is 0 Å². The lowest BCUT2D eigenvalue weighted by atomic mass is 10.3. The maximum Gasteiger partial charge on any atom is 0.247 e. The summed E-state index contributed by atoms with van der Waals surface area (Å²) in [5.74, 6) is -0.585. The van der Waals surface area contributed by atoms with Gasteiger partial charge in [-0.25, -0.2) is 17.2 Å². The lowest BCUT2D eigenvalue weighted by molar-refractivity contribution is 0.433. The fraction of sp³-hybridized carbons (Fsp3) is 0.333. The van der Waals surface area contributed by atoms with E-state index in [1.54, 1.807) is 6.92 Å². The summed E-state index contributed by atoms with van der Waals surface area (Å²) in [5.41, 5.74) is 5.17. The van der Waals surface area contributed by atoms with Gasteiger partial charge in [0.15, 0.2) is 11.6 Å². The van der Waals surface area contributed by atoms with Crippen molar-refractivity contribution in [3.8, 4) is 12.3 Å². The molecule has 4 nitrogen and oxygen atoms in total. The van der Waals surface area contributed by atoms with Crippen LogP contribution in [0.2, 0.25) is 0 Å². The van der Waals surface area contributed by atoms with Crippen LogP contribution in [-0.2, 0) is 10.0 Å². The van der Waals surface area contributed by atoms with Gasteiger partial charge in [-0.15, -0.1) is 6.42 Å². The summed E-state index contributed by atoms with van der Waals surface area (Å²) in [6, 6.07) is 1.60. The number of rotatable bonds is 5. The summed E-state index contributed by atoms with van der Waals surface area (Å²) < 4.78 is 52.2. The SMILES string of the molecule is C#CCN(CCC)S(=O)(=O)c1cc(N)cc(F)c1F. The van der Waals surface area contributed by atoms with Gasteiger partial charge in [-0.1, -0.05) is 12.8 Å². The third kappa shape index (κ3) is 3.22. The fourth-order valence-electron chi connectivity index (χ4n) is 1.55. The predicted octanol–water partition coefficient (Wildman–Crippen LogP) is 1.58. The molecule has 7 heteroatoms. The third-order valence-electron chi connectivity index (χ3n) is 2.38. The molecule has 0 radical (unpaired) electrons. The summed E-state index contributed by atoms with van der Waals surface area (Å²) in [6.07, 6.45) is 5.58. The average Bonchev–Trinajstić information content (AvgIpc) is 2.33. The molecule has 0 fully saturated rings. The summed E-state index contributed by atoms with van der Waals surface area (Å²) >= 11 is 0. The number of anilines is 1. The van der Waals surface area contributed by atoms with Gasteiger partial charge >= 0.3 is 0 Å². The number of halogens is 2. The monoisotopic (exact) mass is 288 g/mol. The van der Waals surface area contributed by atoms with Crippen molar-refractivity contribution in [1.29, 1.82) is 0 Å². The summed E-state index contributed by atoms with van der Waals surface area (Å²) in [7, 11) is -4.21. The van der Waals surface area contributed by atoms with Crippen LogP contribution in [0.5, 0.6) is 0 Å². The molecule has 0 spiro atoms. The van der Waals surface area contributed by atoms with Crippen LogP contribution in [0.15, 0.2) is 17.0 Å². The topological polar surface area (TPSA) is 63.4 Å². The summed E-state index contributed by atoms with van der Waals surface area (Å²) in [6.45, 7) is 1.64. The first-order valence-corrected chi connectivity index (χ1v) is 6.96. The second-order valence-electron chi connectivity index (χ2n) is 3.86. The Morgan fingerprint density at radius 3 is 2.58 bits per heavy atom. The number of hydrogen-bond donors (Lipinski definition) is 1. The van der Waals surface area contributed by atoms with E-state index in [0.717, 1.165) is 16.4 Å². The molecular formula is C12H14F2N2O2S. The number of sulfonamides is 1. The standard InChI is InChI=1S/C12H14F2N2O2S/c1-3-5-16(6-4-2)19(17,18)11-8-9(15)7-10(13)12(11)14/h1,7-8H,4-6,15H2,2H3. The molecule has 0 unspecified atom stereocenters. The van der Waals surface area contributed by atoms with Crippen molar-refractivity contribution in [2.24, 2.45) is 0 Å². The highest BCUT2D eigenvalue weighted by Gasteiger charge is 2.28. The Morgan fingerprint density at radius 1 is 1.42 bits per heavy atom. The lowest BCUT2D eigenvalue weighted by Gasteiger charge is -2.19. The quantitative estimate of drug-likeness (QED) is 0.661. The maximum atomic E-state index is 13.6. The first-order valence-electron chi connectivity index (χ1n) is 5.52. The second-order valence-corrected chi connectivity index (χ2v) is 5.76. The normalized spacial score (nSPS) is 11.5. The van der Waals surface area contributed by atoms with Crippen molar-refractivity contribution >= 4 is 15.7 Å². The van der Waals surface area contributed by atoms with Gasteiger partial charge in [0.2, 0.25) is 10.0 Å².